The lowest BCUT2D eigenvalue weighted by Crippen LogP contribution is -2.42. The van der Waals surface area contributed by atoms with Gasteiger partial charge in [-0.2, -0.15) is 0 Å². The molecule has 0 saturated carbocycles. The number of rotatable bonds is 10. The van der Waals surface area contributed by atoms with Crippen molar-refractivity contribution in [2.24, 2.45) is 5.92 Å². The lowest BCUT2D eigenvalue weighted by Gasteiger charge is -2.29. The summed E-state index contributed by atoms with van der Waals surface area (Å²) in [6, 6.07) is 7.79. The molecule has 2 atom stereocenters. The van der Waals surface area contributed by atoms with Gasteiger partial charge >= 0.3 is 0 Å². The van der Waals surface area contributed by atoms with Gasteiger partial charge in [0.2, 0.25) is 11.8 Å². The number of ketones is 1. The standard InChI is InChI=1S/C17H25NO5/c1-5-22-17(4,23-6-2)15(19)12-13(3)16(18(20)21)14-10-8-7-9-11-14/h7-11,13,16H,5-6,12H2,1-4H3/t13-,16+/m0/s1. The lowest BCUT2D eigenvalue weighted by molar-refractivity contribution is -0.538. The largest absolute Gasteiger partial charge is 0.344 e. The molecule has 0 heterocycles. The normalized spacial score (nSPS) is 14.3. The monoisotopic (exact) mass is 323 g/mol. The van der Waals surface area contributed by atoms with Crippen LogP contribution < -0.4 is 0 Å². The molecule has 128 valence electrons. The summed E-state index contributed by atoms with van der Waals surface area (Å²) in [5, 5.41) is 11.5. The Morgan fingerprint density at radius 3 is 2.17 bits per heavy atom. The molecule has 23 heavy (non-hydrogen) atoms. The van der Waals surface area contributed by atoms with Crippen molar-refractivity contribution in [2.75, 3.05) is 13.2 Å². The zero-order valence-corrected chi connectivity index (χ0v) is 14.2. The summed E-state index contributed by atoms with van der Waals surface area (Å²) >= 11 is 0. The first kappa shape index (κ1) is 19.3. The summed E-state index contributed by atoms with van der Waals surface area (Å²) in [7, 11) is 0. The highest BCUT2D eigenvalue weighted by atomic mass is 16.7. The van der Waals surface area contributed by atoms with Crippen molar-refractivity contribution in [1.29, 1.82) is 0 Å². The highest BCUT2D eigenvalue weighted by Crippen LogP contribution is 2.30. The Labute approximate surface area is 136 Å². The fourth-order valence-electron chi connectivity index (χ4n) is 2.65. The molecule has 6 heteroatoms. The Kier molecular flexibility index (Phi) is 7.32. The van der Waals surface area contributed by atoms with Crippen LogP contribution in [-0.2, 0) is 14.3 Å². The zero-order valence-electron chi connectivity index (χ0n) is 14.2. The van der Waals surface area contributed by atoms with Gasteiger partial charge in [0.1, 0.15) is 0 Å². The van der Waals surface area contributed by atoms with Gasteiger partial charge in [0, 0.05) is 36.0 Å². The molecule has 0 unspecified atom stereocenters. The third kappa shape index (κ3) is 5.11. The van der Waals surface area contributed by atoms with Crippen molar-refractivity contribution in [3.8, 4) is 0 Å². The molecule has 1 aromatic carbocycles. The fraction of sp³-hybridized carbons (Fsp3) is 0.588. The quantitative estimate of drug-likeness (QED) is 0.374. The number of carbonyl (C=O) groups excluding carboxylic acids is 1. The molecule has 0 radical (unpaired) electrons. The average molecular weight is 323 g/mol. The maximum atomic E-state index is 12.5. The van der Waals surface area contributed by atoms with Crippen molar-refractivity contribution in [1.82, 2.24) is 0 Å². The number of Topliss-reactive ketones (excluding diaryl/α,β-unsaturated/α-hetero) is 1. The van der Waals surface area contributed by atoms with Crippen LogP contribution in [0.1, 0.15) is 45.7 Å². The van der Waals surface area contributed by atoms with Crippen LogP contribution in [0.2, 0.25) is 0 Å². The van der Waals surface area contributed by atoms with E-state index in [9.17, 15) is 14.9 Å². The Hall–Kier alpha value is -1.79. The second kappa shape index (κ2) is 8.74. The molecule has 0 amide bonds. The Morgan fingerprint density at radius 2 is 1.74 bits per heavy atom. The molecule has 1 aromatic rings. The summed E-state index contributed by atoms with van der Waals surface area (Å²) in [5.41, 5.74) is 0.590. The van der Waals surface area contributed by atoms with E-state index in [0.717, 1.165) is 0 Å². The van der Waals surface area contributed by atoms with E-state index in [-0.39, 0.29) is 17.1 Å². The van der Waals surface area contributed by atoms with E-state index in [1.807, 2.05) is 0 Å². The summed E-state index contributed by atoms with van der Waals surface area (Å²) in [6.07, 6.45) is 0.0110. The van der Waals surface area contributed by atoms with E-state index >= 15 is 0 Å². The minimum atomic E-state index is -1.35. The predicted molar refractivity (Wildman–Crippen MR) is 86.6 cm³/mol. The summed E-state index contributed by atoms with van der Waals surface area (Å²) in [5.74, 6) is -2.10. The highest BCUT2D eigenvalue weighted by molar-refractivity contribution is 5.85. The van der Waals surface area contributed by atoms with Crippen LogP contribution >= 0.6 is 0 Å². The van der Waals surface area contributed by atoms with Crippen LogP contribution in [0, 0.1) is 16.0 Å². The molecule has 0 saturated heterocycles. The topological polar surface area (TPSA) is 78.7 Å². The van der Waals surface area contributed by atoms with Crippen LogP contribution in [0.3, 0.4) is 0 Å². The fourth-order valence-corrected chi connectivity index (χ4v) is 2.65. The minimum Gasteiger partial charge on any atom is -0.344 e. The highest BCUT2D eigenvalue weighted by Gasteiger charge is 2.39. The zero-order chi connectivity index (χ0) is 17.5. The molecule has 0 spiro atoms. The summed E-state index contributed by atoms with van der Waals surface area (Å²) < 4.78 is 10.9. The van der Waals surface area contributed by atoms with Crippen molar-refractivity contribution in [3.05, 3.63) is 46.0 Å². The van der Waals surface area contributed by atoms with Gasteiger partial charge in [-0.3, -0.25) is 14.9 Å². The van der Waals surface area contributed by atoms with E-state index in [1.165, 1.54) is 0 Å². The van der Waals surface area contributed by atoms with Crippen LogP contribution in [-0.4, -0.2) is 29.7 Å². The second-order valence-corrected chi connectivity index (χ2v) is 5.56. The minimum absolute atomic E-state index is 0.0110. The van der Waals surface area contributed by atoms with E-state index in [2.05, 4.69) is 0 Å². The van der Waals surface area contributed by atoms with Gasteiger partial charge in [-0.1, -0.05) is 37.3 Å². The summed E-state index contributed by atoms with van der Waals surface area (Å²) in [6.45, 7) is 7.48. The van der Waals surface area contributed by atoms with E-state index in [4.69, 9.17) is 9.47 Å². The molecular formula is C17H25NO5. The first-order valence-corrected chi connectivity index (χ1v) is 7.85. The van der Waals surface area contributed by atoms with Crippen LogP contribution in [0.15, 0.2) is 30.3 Å². The molecule has 1 rings (SSSR count). The van der Waals surface area contributed by atoms with Crippen LogP contribution in [0.4, 0.5) is 0 Å². The number of carbonyl (C=O) groups is 1. The van der Waals surface area contributed by atoms with E-state index < -0.39 is 17.7 Å². The number of nitrogens with zero attached hydrogens (tertiary/aromatic N) is 1. The molecule has 0 bridgehead atoms. The van der Waals surface area contributed by atoms with Gasteiger partial charge < -0.3 is 9.47 Å². The molecule has 0 N–H and O–H groups in total. The smallest absolute Gasteiger partial charge is 0.241 e. The first-order valence-electron chi connectivity index (χ1n) is 7.85. The third-order valence-electron chi connectivity index (χ3n) is 3.76. The number of hydrogen-bond acceptors (Lipinski definition) is 5. The lowest BCUT2D eigenvalue weighted by atomic mass is 9.89. The molecule has 0 fully saturated rings. The number of hydrogen-bond donors (Lipinski definition) is 0. The van der Waals surface area contributed by atoms with Gasteiger partial charge in [0.25, 0.3) is 0 Å². The molecular weight excluding hydrogens is 298 g/mol. The first-order chi connectivity index (χ1) is 10.9. The molecule has 0 aliphatic carbocycles. The summed E-state index contributed by atoms with van der Waals surface area (Å²) in [4.78, 5) is 23.7. The maximum Gasteiger partial charge on any atom is 0.241 e. The van der Waals surface area contributed by atoms with Crippen molar-refractivity contribution in [3.63, 3.8) is 0 Å². The number of nitro groups is 1. The van der Waals surface area contributed by atoms with Gasteiger partial charge in [0.05, 0.1) is 0 Å². The van der Waals surface area contributed by atoms with Crippen molar-refractivity contribution >= 4 is 5.78 Å². The van der Waals surface area contributed by atoms with E-state index in [0.29, 0.717) is 18.8 Å². The maximum absolute atomic E-state index is 12.5. The third-order valence-corrected chi connectivity index (χ3v) is 3.76. The van der Waals surface area contributed by atoms with Crippen LogP contribution in [0.5, 0.6) is 0 Å². The predicted octanol–water partition coefficient (Wildman–Crippen LogP) is 3.39. The Bertz CT molecular complexity index is 511. The average Bonchev–Trinajstić information content (AvgIpc) is 2.48. The van der Waals surface area contributed by atoms with Crippen molar-refractivity contribution < 1.29 is 19.2 Å². The SMILES string of the molecule is CCOC(C)(OCC)C(=O)C[C@H](C)[C@H](c1ccccc1)[N+](=O)[O-]. The second-order valence-electron chi connectivity index (χ2n) is 5.56. The Morgan fingerprint density at radius 1 is 1.22 bits per heavy atom. The van der Waals surface area contributed by atoms with Gasteiger partial charge in [-0.05, 0) is 20.8 Å². The van der Waals surface area contributed by atoms with Gasteiger partial charge in [-0.15, -0.1) is 0 Å². The molecule has 0 aliphatic heterocycles. The molecule has 6 nitrogen and oxygen atoms in total. The van der Waals surface area contributed by atoms with Gasteiger partial charge in [-0.25, -0.2) is 0 Å². The van der Waals surface area contributed by atoms with Crippen LogP contribution in [0.25, 0.3) is 0 Å². The number of benzene rings is 1. The van der Waals surface area contributed by atoms with Crippen molar-refractivity contribution in [2.45, 2.75) is 45.9 Å². The molecule has 0 aromatic heterocycles. The Balaban J connectivity index is 2.92. The molecule has 0 aliphatic rings. The van der Waals surface area contributed by atoms with Gasteiger partial charge in [0.15, 0.2) is 5.78 Å². The number of ether oxygens (including phenoxy) is 2. The van der Waals surface area contributed by atoms with E-state index in [1.54, 1.807) is 58.0 Å².